The van der Waals surface area contributed by atoms with Gasteiger partial charge in [0.05, 0.1) is 5.60 Å². The Hall–Kier alpha value is -0.520. The highest BCUT2D eigenvalue weighted by molar-refractivity contribution is 7.98. The Morgan fingerprint density at radius 3 is 2.82 bits per heavy atom. The van der Waals surface area contributed by atoms with E-state index in [1.54, 1.807) is 6.07 Å². The van der Waals surface area contributed by atoms with Crippen molar-refractivity contribution in [3.8, 4) is 0 Å². The molecule has 0 radical (unpaired) electrons. The first-order valence-corrected chi connectivity index (χ1v) is 7.12. The summed E-state index contributed by atoms with van der Waals surface area (Å²) < 4.78 is 0. The molecular formula is C11H18ClN3OS. The van der Waals surface area contributed by atoms with Crippen molar-refractivity contribution in [3.05, 3.63) is 11.2 Å². The summed E-state index contributed by atoms with van der Waals surface area (Å²) in [6.45, 7) is 4.30. The van der Waals surface area contributed by atoms with Crippen molar-refractivity contribution in [2.24, 2.45) is 0 Å². The number of hydrogen-bond donors (Lipinski definition) is 2. The molecule has 1 unspecified atom stereocenters. The smallest absolute Gasteiger partial charge is 0.190 e. The van der Waals surface area contributed by atoms with Crippen LogP contribution in [0.2, 0.25) is 5.15 Å². The zero-order valence-corrected chi connectivity index (χ0v) is 11.9. The molecule has 2 N–H and O–H groups in total. The maximum absolute atomic E-state index is 10.0. The highest BCUT2D eigenvalue weighted by Gasteiger charge is 2.18. The molecule has 0 fully saturated rings. The van der Waals surface area contributed by atoms with E-state index >= 15 is 0 Å². The van der Waals surface area contributed by atoms with Gasteiger partial charge in [0.2, 0.25) is 0 Å². The Morgan fingerprint density at radius 1 is 1.53 bits per heavy atom. The molecule has 1 rings (SSSR count). The third kappa shape index (κ3) is 5.10. The zero-order chi connectivity index (χ0) is 12.9. The molecule has 1 atom stereocenters. The third-order valence-electron chi connectivity index (χ3n) is 2.30. The molecule has 0 amide bonds. The van der Waals surface area contributed by atoms with Crippen molar-refractivity contribution < 1.29 is 5.11 Å². The van der Waals surface area contributed by atoms with Crippen LogP contribution in [0, 0.1) is 0 Å². The van der Waals surface area contributed by atoms with Gasteiger partial charge in [-0.15, -0.1) is 0 Å². The van der Waals surface area contributed by atoms with Crippen molar-refractivity contribution in [1.82, 2.24) is 9.97 Å². The first-order chi connectivity index (χ1) is 7.96. The van der Waals surface area contributed by atoms with E-state index < -0.39 is 5.60 Å². The van der Waals surface area contributed by atoms with Crippen LogP contribution >= 0.6 is 23.4 Å². The van der Waals surface area contributed by atoms with E-state index in [1.165, 1.54) is 11.8 Å². The van der Waals surface area contributed by atoms with Crippen LogP contribution in [-0.4, -0.2) is 33.5 Å². The third-order valence-corrected chi connectivity index (χ3v) is 3.04. The molecule has 1 aromatic heterocycles. The van der Waals surface area contributed by atoms with Crippen molar-refractivity contribution in [2.45, 2.75) is 37.4 Å². The summed E-state index contributed by atoms with van der Waals surface area (Å²) in [4.78, 5) is 8.31. The van der Waals surface area contributed by atoms with E-state index in [9.17, 15) is 5.11 Å². The largest absolute Gasteiger partial charge is 0.388 e. The Kier molecular flexibility index (Phi) is 5.49. The minimum atomic E-state index is -0.730. The van der Waals surface area contributed by atoms with Gasteiger partial charge in [-0.2, -0.15) is 0 Å². The molecule has 17 heavy (non-hydrogen) atoms. The van der Waals surface area contributed by atoms with E-state index in [0.717, 1.165) is 12.8 Å². The molecule has 0 saturated heterocycles. The van der Waals surface area contributed by atoms with Crippen LogP contribution in [0.25, 0.3) is 0 Å². The lowest BCUT2D eigenvalue weighted by atomic mass is 10.0. The lowest BCUT2D eigenvalue weighted by Crippen LogP contribution is -2.33. The van der Waals surface area contributed by atoms with Crippen LogP contribution in [-0.2, 0) is 0 Å². The predicted molar refractivity (Wildman–Crippen MR) is 72.8 cm³/mol. The van der Waals surface area contributed by atoms with Gasteiger partial charge < -0.3 is 10.4 Å². The second kappa shape index (κ2) is 6.42. The maximum atomic E-state index is 10.0. The molecule has 0 spiro atoms. The van der Waals surface area contributed by atoms with Gasteiger partial charge in [0.15, 0.2) is 5.16 Å². The summed E-state index contributed by atoms with van der Waals surface area (Å²) in [7, 11) is 0. The molecule has 4 nitrogen and oxygen atoms in total. The number of halogens is 1. The molecule has 0 aliphatic rings. The van der Waals surface area contributed by atoms with Crippen molar-refractivity contribution in [2.75, 3.05) is 18.1 Å². The van der Waals surface area contributed by atoms with Gasteiger partial charge in [-0.05, 0) is 19.6 Å². The average molecular weight is 276 g/mol. The van der Waals surface area contributed by atoms with Gasteiger partial charge in [-0.1, -0.05) is 36.7 Å². The normalized spacial score (nSPS) is 14.4. The second-order valence-electron chi connectivity index (χ2n) is 4.16. The Labute approximate surface area is 111 Å². The number of rotatable bonds is 6. The quantitative estimate of drug-likeness (QED) is 0.475. The topological polar surface area (TPSA) is 58.0 Å². The Morgan fingerprint density at radius 2 is 2.24 bits per heavy atom. The summed E-state index contributed by atoms with van der Waals surface area (Å²) in [5, 5.41) is 14.1. The summed E-state index contributed by atoms with van der Waals surface area (Å²) in [6.07, 6.45) is 3.58. The van der Waals surface area contributed by atoms with E-state index in [4.69, 9.17) is 11.6 Å². The Bertz CT molecular complexity index is 374. The number of aromatic nitrogens is 2. The number of nitrogens with one attached hydrogen (secondary N) is 1. The molecule has 0 aliphatic carbocycles. The van der Waals surface area contributed by atoms with Crippen LogP contribution in [0.5, 0.6) is 0 Å². The van der Waals surface area contributed by atoms with Crippen LogP contribution in [0.15, 0.2) is 11.2 Å². The first-order valence-electron chi connectivity index (χ1n) is 5.51. The predicted octanol–water partition coefficient (Wildman–Crippen LogP) is 2.81. The van der Waals surface area contributed by atoms with Gasteiger partial charge in [-0.3, -0.25) is 0 Å². The highest BCUT2D eigenvalue weighted by atomic mass is 35.5. The number of hydrogen-bond acceptors (Lipinski definition) is 5. The summed E-state index contributed by atoms with van der Waals surface area (Å²) in [5.74, 6) is 0.644. The monoisotopic (exact) mass is 275 g/mol. The summed E-state index contributed by atoms with van der Waals surface area (Å²) >= 11 is 7.30. The van der Waals surface area contributed by atoms with Gasteiger partial charge in [0, 0.05) is 12.6 Å². The number of nitrogens with zero attached hydrogens (tertiary/aromatic N) is 2. The molecule has 0 saturated carbocycles. The maximum Gasteiger partial charge on any atom is 0.190 e. The molecule has 1 aromatic rings. The molecular weight excluding hydrogens is 258 g/mol. The number of aliphatic hydroxyl groups is 1. The standard InChI is InChI=1S/C11H18ClN3OS/c1-4-5-11(2,16)7-13-9-6-8(12)14-10(15-9)17-3/h6,16H,4-5,7H2,1-3H3,(H,13,14,15). The van der Waals surface area contributed by atoms with E-state index in [-0.39, 0.29) is 0 Å². The molecule has 0 aliphatic heterocycles. The van der Waals surface area contributed by atoms with Crippen LogP contribution in [0.3, 0.4) is 0 Å². The summed E-state index contributed by atoms with van der Waals surface area (Å²) in [6, 6.07) is 1.66. The van der Waals surface area contributed by atoms with Crippen molar-refractivity contribution >= 4 is 29.2 Å². The lowest BCUT2D eigenvalue weighted by Gasteiger charge is -2.23. The minimum absolute atomic E-state index is 0.405. The fourth-order valence-electron chi connectivity index (χ4n) is 1.49. The van der Waals surface area contributed by atoms with Gasteiger partial charge in [0.25, 0.3) is 0 Å². The molecule has 96 valence electrons. The highest BCUT2D eigenvalue weighted by Crippen LogP contribution is 2.18. The molecule has 1 heterocycles. The Balaban J connectivity index is 2.65. The van der Waals surface area contributed by atoms with E-state index in [0.29, 0.717) is 22.7 Å². The zero-order valence-electron chi connectivity index (χ0n) is 10.3. The van der Waals surface area contributed by atoms with Crippen LogP contribution < -0.4 is 5.32 Å². The fourth-order valence-corrected chi connectivity index (χ4v) is 2.10. The molecule has 0 bridgehead atoms. The van der Waals surface area contributed by atoms with Crippen molar-refractivity contribution in [3.63, 3.8) is 0 Å². The van der Waals surface area contributed by atoms with E-state index in [1.807, 2.05) is 20.1 Å². The SMILES string of the molecule is CCCC(C)(O)CNc1cc(Cl)nc(SC)n1. The molecule has 0 aromatic carbocycles. The fraction of sp³-hybridized carbons (Fsp3) is 0.636. The van der Waals surface area contributed by atoms with Crippen molar-refractivity contribution in [1.29, 1.82) is 0 Å². The summed E-state index contributed by atoms with van der Waals surface area (Å²) in [5.41, 5.74) is -0.730. The minimum Gasteiger partial charge on any atom is -0.388 e. The first kappa shape index (κ1) is 14.5. The van der Waals surface area contributed by atoms with Gasteiger partial charge in [-0.25, -0.2) is 9.97 Å². The van der Waals surface area contributed by atoms with Gasteiger partial charge in [0.1, 0.15) is 11.0 Å². The van der Waals surface area contributed by atoms with Gasteiger partial charge >= 0.3 is 0 Å². The second-order valence-corrected chi connectivity index (χ2v) is 5.32. The number of anilines is 1. The number of thioether (sulfide) groups is 1. The van der Waals surface area contributed by atoms with Crippen LogP contribution in [0.4, 0.5) is 5.82 Å². The average Bonchev–Trinajstić information content (AvgIpc) is 2.26. The molecule has 6 heteroatoms. The van der Waals surface area contributed by atoms with Crippen LogP contribution in [0.1, 0.15) is 26.7 Å². The lowest BCUT2D eigenvalue weighted by molar-refractivity contribution is 0.0636. The van der Waals surface area contributed by atoms with E-state index in [2.05, 4.69) is 15.3 Å².